The molecule has 2 aliphatic rings. The van der Waals surface area contributed by atoms with Crippen molar-refractivity contribution >= 4 is 22.5 Å². The van der Waals surface area contributed by atoms with E-state index in [1.807, 2.05) is 54.6 Å². The van der Waals surface area contributed by atoms with Crippen molar-refractivity contribution in [2.24, 2.45) is 7.05 Å². The monoisotopic (exact) mass is 449 g/mol. The van der Waals surface area contributed by atoms with Gasteiger partial charge in [-0.2, -0.15) is 0 Å². The van der Waals surface area contributed by atoms with E-state index >= 15 is 0 Å². The van der Waals surface area contributed by atoms with Gasteiger partial charge < -0.3 is 19.1 Å². The number of halogens is 1. The van der Waals surface area contributed by atoms with Crippen LogP contribution >= 0.6 is 0 Å². The SMILES string of the molecule is COc1ccc2c(c1)C(C)(C)C(=O)N2CCN1CCC(c2cn(C)c3cc(F)ccc23)CC1. The van der Waals surface area contributed by atoms with Gasteiger partial charge in [-0.05, 0) is 93.2 Å². The number of piperidine rings is 1. The highest BCUT2D eigenvalue weighted by atomic mass is 19.1. The molecule has 0 aliphatic carbocycles. The number of amides is 1. The number of nitrogens with zero attached hydrogens (tertiary/aromatic N) is 3. The highest BCUT2D eigenvalue weighted by Gasteiger charge is 2.44. The first-order valence-corrected chi connectivity index (χ1v) is 11.8. The number of hydrogen-bond acceptors (Lipinski definition) is 3. The fourth-order valence-corrected chi connectivity index (χ4v) is 5.58. The number of hydrogen-bond donors (Lipinski definition) is 0. The molecule has 3 heterocycles. The Kier molecular flexibility index (Phi) is 5.44. The molecule has 0 spiro atoms. The first-order valence-electron chi connectivity index (χ1n) is 11.8. The van der Waals surface area contributed by atoms with Crippen molar-refractivity contribution in [1.29, 1.82) is 0 Å². The first-order chi connectivity index (χ1) is 15.8. The largest absolute Gasteiger partial charge is 0.497 e. The maximum absolute atomic E-state index is 13.7. The second-order valence-corrected chi connectivity index (χ2v) is 9.94. The molecule has 3 aromatic rings. The van der Waals surface area contributed by atoms with Gasteiger partial charge in [0.1, 0.15) is 11.6 Å². The van der Waals surface area contributed by atoms with Crippen LogP contribution in [0.1, 0.15) is 43.7 Å². The summed E-state index contributed by atoms with van der Waals surface area (Å²) in [7, 11) is 3.64. The predicted octanol–water partition coefficient (Wildman–Crippen LogP) is 4.83. The fourth-order valence-electron chi connectivity index (χ4n) is 5.58. The molecule has 0 bridgehead atoms. The number of aromatic nitrogens is 1. The van der Waals surface area contributed by atoms with Crippen LogP contribution in [0.5, 0.6) is 5.75 Å². The maximum Gasteiger partial charge on any atom is 0.237 e. The Hall–Kier alpha value is -2.86. The number of ether oxygens (including phenoxy) is 1. The minimum Gasteiger partial charge on any atom is -0.497 e. The standard InChI is InChI=1S/C27H32FN3O2/c1-27(2)23-16-20(33-4)6-8-24(23)31(26(27)32)14-13-30-11-9-18(10-12-30)22-17-29(3)25-15-19(28)5-7-21(22)25/h5-8,15-18H,9-14H2,1-4H3. The molecule has 0 unspecified atom stereocenters. The molecule has 5 nitrogen and oxygen atoms in total. The van der Waals surface area contributed by atoms with Crippen molar-refractivity contribution in [2.45, 2.75) is 38.0 Å². The molecule has 0 radical (unpaired) electrons. The number of likely N-dealkylation sites (tertiary alicyclic amines) is 1. The highest BCUT2D eigenvalue weighted by Crippen LogP contribution is 2.43. The molecule has 2 aliphatic heterocycles. The van der Waals surface area contributed by atoms with E-state index in [-0.39, 0.29) is 11.7 Å². The van der Waals surface area contributed by atoms with E-state index in [0.717, 1.165) is 60.4 Å². The molecule has 0 N–H and O–H groups in total. The fraction of sp³-hybridized carbons (Fsp3) is 0.444. The van der Waals surface area contributed by atoms with Crippen LogP contribution in [0.2, 0.25) is 0 Å². The first kappa shape index (κ1) is 22.0. The van der Waals surface area contributed by atoms with Crippen LogP contribution in [0.25, 0.3) is 10.9 Å². The van der Waals surface area contributed by atoms with Crippen LogP contribution in [0, 0.1) is 5.82 Å². The smallest absolute Gasteiger partial charge is 0.237 e. The summed E-state index contributed by atoms with van der Waals surface area (Å²) in [5, 5.41) is 1.16. The molecular formula is C27H32FN3O2. The zero-order chi connectivity index (χ0) is 23.3. The Morgan fingerprint density at radius 3 is 2.58 bits per heavy atom. The van der Waals surface area contributed by atoms with E-state index in [1.54, 1.807) is 19.2 Å². The van der Waals surface area contributed by atoms with E-state index < -0.39 is 5.41 Å². The summed E-state index contributed by atoms with van der Waals surface area (Å²) in [6, 6.07) is 11.0. The molecule has 33 heavy (non-hydrogen) atoms. The zero-order valence-electron chi connectivity index (χ0n) is 19.9. The van der Waals surface area contributed by atoms with Crippen molar-refractivity contribution in [1.82, 2.24) is 9.47 Å². The average molecular weight is 450 g/mol. The average Bonchev–Trinajstić information content (AvgIpc) is 3.23. The van der Waals surface area contributed by atoms with Crippen molar-refractivity contribution < 1.29 is 13.9 Å². The van der Waals surface area contributed by atoms with Crippen molar-refractivity contribution in [3.05, 3.63) is 59.5 Å². The number of carbonyl (C=O) groups is 1. The number of benzene rings is 2. The van der Waals surface area contributed by atoms with Gasteiger partial charge >= 0.3 is 0 Å². The third kappa shape index (κ3) is 3.70. The Labute approximate surface area is 194 Å². The molecule has 0 saturated carbocycles. The summed E-state index contributed by atoms with van der Waals surface area (Å²) in [4.78, 5) is 17.6. The number of methoxy groups -OCH3 is 1. The molecule has 2 aromatic carbocycles. The summed E-state index contributed by atoms with van der Waals surface area (Å²) >= 11 is 0. The Balaban J connectivity index is 1.25. The number of carbonyl (C=O) groups excluding carboxylic acids is 1. The lowest BCUT2D eigenvalue weighted by molar-refractivity contribution is -0.122. The van der Waals surface area contributed by atoms with Crippen molar-refractivity contribution in [2.75, 3.05) is 38.2 Å². The van der Waals surface area contributed by atoms with E-state index in [2.05, 4.69) is 11.1 Å². The molecule has 6 heteroatoms. The van der Waals surface area contributed by atoms with Crippen LogP contribution in [-0.4, -0.2) is 48.7 Å². The highest BCUT2D eigenvalue weighted by molar-refractivity contribution is 6.07. The summed E-state index contributed by atoms with van der Waals surface area (Å²) in [6.07, 6.45) is 4.31. The number of rotatable bonds is 5. The topological polar surface area (TPSA) is 37.7 Å². The third-order valence-corrected chi connectivity index (χ3v) is 7.60. The minimum atomic E-state index is -0.537. The summed E-state index contributed by atoms with van der Waals surface area (Å²) in [5.74, 6) is 1.24. The Bertz CT molecular complexity index is 1210. The van der Waals surface area contributed by atoms with E-state index in [9.17, 15) is 9.18 Å². The normalized spacial score (nSPS) is 18.8. The van der Waals surface area contributed by atoms with Gasteiger partial charge in [-0.1, -0.05) is 0 Å². The van der Waals surface area contributed by atoms with Gasteiger partial charge in [0.25, 0.3) is 0 Å². The molecule has 1 amide bonds. The molecule has 1 aromatic heterocycles. The molecule has 174 valence electrons. The van der Waals surface area contributed by atoms with Crippen LogP contribution in [0.15, 0.2) is 42.6 Å². The number of aryl methyl sites for hydroxylation is 1. The van der Waals surface area contributed by atoms with E-state index in [4.69, 9.17) is 4.74 Å². The van der Waals surface area contributed by atoms with E-state index in [0.29, 0.717) is 12.5 Å². The molecule has 1 saturated heterocycles. The summed E-state index contributed by atoms with van der Waals surface area (Å²) < 4.78 is 21.1. The zero-order valence-corrected chi connectivity index (χ0v) is 19.9. The van der Waals surface area contributed by atoms with Crippen LogP contribution < -0.4 is 9.64 Å². The van der Waals surface area contributed by atoms with Crippen molar-refractivity contribution in [3.8, 4) is 5.75 Å². The molecular weight excluding hydrogens is 417 g/mol. The number of fused-ring (bicyclic) bond motifs is 2. The Morgan fingerprint density at radius 2 is 1.85 bits per heavy atom. The summed E-state index contributed by atoms with van der Waals surface area (Å²) in [5.41, 5.74) is 3.79. The van der Waals surface area contributed by atoms with Gasteiger partial charge in [-0.3, -0.25) is 4.79 Å². The second kappa shape index (κ2) is 8.17. The van der Waals surface area contributed by atoms with Gasteiger partial charge in [0, 0.05) is 37.4 Å². The van der Waals surface area contributed by atoms with Gasteiger partial charge in [-0.15, -0.1) is 0 Å². The van der Waals surface area contributed by atoms with Crippen molar-refractivity contribution in [3.63, 3.8) is 0 Å². The van der Waals surface area contributed by atoms with Gasteiger partial charge in [0.15, 0.2) is 0 Å². The molecule has 5 rings (SSSR count). The minimum absolute atomic E-state index is 0.156. The summed E-state index contributed by atoms with van der Waals surface area (Å²) in [6.45, 7) is 7.55. The quantitative estimate of drug-likeness (QED) is 0.560. The maximum atomic E-state index is 13.7. The van der Waals surface area contributed by atoms with Gasteiger partial charge in [0.05, 0.1) is 18.0 Å². The lowest BCUT2D eigenvalue weighted by Gasteiger charge is -2.33. The van der Waals surface area contributed by atoms with Gasteiger partial charge in [-0.25, -0.2) is 4.39 Å². The third-order valence-electron chi connectivity index (χ3n) is 7.60. The molecule has 1 fully saturated rings. The Morgan fingerprint density at radius 1 is 1.09 bits per heavy atom. The molecule has 0 atom stereocenters. The van der Waals surface area contributed by atoms with Crippen LogP contribution in [0.4, 0.5) is 10.1 Å². The van der Waals surface area contributed by atoms with E-state index in [1.165, 1.54) is 5.56 Å². The van der Waals surface area contributed by atoms with Crippen LogP contribution in [-0.2, 0) is 17.3 Å². The van der Waals surface area contributed by atoms with Gasteiger partial charge in [0.2, 0.25) is 5.91 Å². The second-order valence-electron chi connectivity index (χ2n) is 9.94. The van der Waals surface area contributed by atoms with Crippen LogP contribution in [0.3, 0.4) is 0 Å². The predicted molar refractivity (Wildman–Crippen MR) is 130 cm³/mol. The number of anilines is 1. The lowest BCUT2D eigenvalue weighted by atomic mass is 9.86. The lowest BCUT2D eigenvalue weighted by Crippen LogP contribution is -2.43.